The molecule has 4 nitrogen and oxygen atoms in total. The fourth-order valence-corrected chi connectivity index (χ4v) is 6.30. The van der Waals surface area contributed by atoms with Gasteiger partial charge in [-0.3, -0.25) is 0 Å². The van der Waals surface area contributed by atoms with Gasteiger partial charge in [0.05, 0.1) is 17.9 Å². The van der Waals surface area contributed by atoms with E-state index in [9.17, 15) is 0 Å². The van der Waals surface area contributed by atoms with Crippen molar-refractivity contribution in [3.05, 3.63) is 144 Å². The van der Waals surface area contributed by atoms with Crippen LogP contribution in [-0.4, -0.2) is 25.4 Å². The summed E-state index contributed by atoms with van der Waals surface area (Å²) in [5.41, 5.74) is 9.35. The van der Waals surface area contributed by atoms with Gasteiger partial charge in [0.15, 0.2) is 0 Å². The summed E-state index contributed by atoms with van der Waals surface area (Å²) in [6, 6.07) is 31.0. The Hall–Kier alpha value is -4.44. The zero-order valence-electron chi connectivity index (χ0n) is 25.8. The Morgan fingerprint density at radius 1 is 0.628 bits per heavy atom. The predicted molar refractivity (Wildman–Crippen MR) is 175 cm³/mol. The molecule has 0 saturated heterocycles. The molecule has 222 valence electrons. The van der Waals surface area contributed by atoms with Crippen LogP contribution in [0.3, 0.4) is 0 Å². The summed E-state index contributed by atoms with van der Waals surface area (Å²) in [6.07, 6.45) is 4.46. The van der Waals surface area contributed by atoms with Crippen LogP contribution in [0.1, 0.15) is 61.1 Å². The van der Waals surface area contributed by atoms with E-state index >= 15 is 0 Å². The Labute approximate surface area is 256 Å². The van der Waals surface area contributed by atoms with E-state index < -0.39 is 5.41 Å². The van der Waals surface area contributed by atoms with Gasteiger partial charge < -0.3 is 18.9 Å². The van der Waals surface area contributed by atoms with E-state index in [2.05, 4.69) is 112 Å². The number of hydrogen-bond donors (Lipinski definition) is 0. The van der Waals surface area contributed by atoms with Gasteiger partial charge in [0.1, 0.15) is 36.9 Å². The summed E-state index contributed by atoms with van der Waals surface area (Å²) in [6.45, 7) is 16.6. The average molecular weight is 575 g/mol. The molecule has 4 heteroatoms. The van der Waals surface area contributed by atoms with Gasteiger partial charge in [0.25, 0.3) is 0 Å². The molecule has 0 N–H and O–H groups in total. The van der Waals surface area contributed by atoms with Crippen molar-refractivity contribution in [2.24, 2.45) is 0 Å². The molecule has 0 radical (unpaired) electrons. The van der Waals surface area contributed by atoms with Crippen LogP contribution in [0, 0.1) is 0 Å². The van der Waals surface area contributed by atoms with E-state index in [4.69, 9.17) is 18.9 Å². The van der Waals surface area contributed by atoms with Gasteiger partial charge in [0.2, 0.25) is 0 Å². The van der Waals surface area contributed by atoms with Gasteiger partial charge in [-0.2, -0.15) is 0 Å². The van der Waals surface area contributed by atoms with Gasteiger partial charge in [-0.1, -0.05) is 99.8 Å². The van der Waals surface area contributed by atoms with Crippen LogP contribution in [0.2, 0.25) is 0 Å². The van der Waals surface area contributed by atoms with E-state index in [1.165, 1.54) is 45.9 Å². The Balaban J connectivity index is 1.68. The number of ether oxygens (including phenoxy) is 4. The second-order valence-electron chi connectivity index (χ2n) is 11.0. The molecule has 0 aliphatic heterocycles. The molecule has 5 rings (SSSR count). The first-order chi connectivity index (χ1) is 21.0. The van der Waals surface area contributed by atoms with Crippen LogP contribution in [-0.2, 0) is 27.7 Å². The Bertz CT molecular complexity index is 1470. The van der Waals surface area contributed by atoms with Crippen molar-refractivity contribution < 1.29 is 18.9 Å². The minimum atomic E-state index is -0.503. The first-order valence-electron chi connectivity index (χ1n) is 15.2. The molecule has 43 heavy (non-hydrogen) atoms. The third kappa shape index (κ3) is 5.67. The SMILES string of the molecule is C=COC(C)COc1ccc(C2(c3ccc(OCC(C)OC=C)c(CC)c3)c3ccccc3-c3ccccc32)cc1CC. The molecule has 0 bridgehead atoms. The standard InChI is InChI=1S/C39H42O4/c1-7-29-23-31(19-21-37(29)42-25-27(5)40-9-3)39(35-17-13-11-15-33(35)34-16-12-14-18-36(34)39)32-20-22-38(30(8-2)24-32)43-26-28(6)41-10-4/h9-24,27-28H,3-4,7-8,25-26H2,1-2,5-6H3. The van der Waals surface area contributed by atoms with Gasteiger partial charge in [0, 0.05) is 0 Å². The number of benzene rings is 4. The summed E-state index contributed by atoms with van der Waals surface area (Å²) < 4.78 is 23.5. The Morgan fingerprint density at radius 3 is 1.44 bits per heavy atom. The maximum absolute atomic E-state index is 6.25. The summed E-state index contributed by atoms with van der Waals surface area (Å²) in [4.78, 5) is 0. The van der Waals surface area contributed by atoms with Crippen LogP contribution >= 0.6 is 0 Å². The molecule has 4 aromatic rings. The molecule has 4 aromatic carbocycles. The molecule has 1 aliphatic rings. The maximum Gasteiger partial charge on any atom is 0.129 e. The van der Waals surface area contributed by atoms with Crippen LogP contribution in [0.4, 0.5) is 0 Å². The minimum Gasteiger partial charge on any atom is -0.495 e. The molecule has 2 atom stereocenters. The van der Waals surface area contributed by atoms with E-state index in [-0.39, 0.29) is 12.2 Å². The van der Waals surface area contributed by atoms with E-state index in [0.717, 1.165) is 35.5 Å². The van der Waals surface area contributed by atoms with Crippen LogP contribution in [0.5, 0.6) is 11.5 Å². The molecular formula is C39H42O4. The van der Waals surface area contributed by atoms with Crippen molar-refractivity contribution in [2.45, 2.75) is 58.2 Å². The van der Waals surface area contributed by atoms with Gasteiger partial charge >= 0.3 is 0 Å². The number of hydrogen-bond acceptors (Lipinski definition) is 4. The molecule has 0 heterocycles. The topological polar surface area (TPSA) is 36.9 Å². The molecular weight excluding hydrogens is 532 g/mol. The monoisotopic (exact) mass is 574 g/mol. The lowest BCUT2D eigenvalue weighted by Crippen LogP contribution is -2.29. The van der Waals surface area contributed by atoms with Crippen molar-refractivity contribution in [2.75, 3.05) is 13.2 Å². The van der Waals surface area contributed by atoms with E-state index in [0.29, 0.717) is 13.2 Å². The fourth-order valence-electron chi connectivity index (χ4n) is 6.30. The highest BCUT2D eigenvalue weighted by molar-refractivity contribution is 5.86. The molecule has 0 spiro atoms. The largest absolute Gasteiger partial charge is 0.495 e. The zero-order valence-corrected chi connectivity index (χ0v) is 25.8. The van der Waals surface area contributed by atoms with Gasteiger partial charge in [-0.15, -0.1) is 0 Å². The third-order valence-corrected chi connectivity index (χ3v) is 8.31. The molecule has 2 unspecified atom stereocenters. The maximum atomic E-state index is 6.25. The van der Waals surface area contributed by atoms with Gasteiger partial charge in [-0.05, 0) is 83.3 Å². The Morgan fingerprint density at radius 2 is 1.05 bits per heavy atom. The van der Waals surface area contributed by atoms with Crippen molar-refractivity contribution in [1.29, 1.82) is 0 Å². The van der Waals surface area contributed by atoms with Crippen molar-refractivity contribution in [1.82, 2.24) is 0 Å². The lowest BCUT2D eigenvalue weighted by Gasteiger charge is -2.35. The lowest BCUT2D eigenvalue weighted by molar-refractivity contribution is 0.103. The van der Waals surface area contributed by atoms with E-state index in [1.54, 1.807) is 0 Å². The summed E-state index contributed by atoms with van der Waals surface area (Å²) >= 11 is 0. The number of rotatable bonds is 14. The molecule has 0 aromatic heterocycles. The highest BCUT2D eigenvalue weighted by Gasteiger charge is 2.46. The number of fused-ring (bicyclic) bond motifs is 3. The van der Waals surface area contributed by atoms with Crippen molar-refractivity contribution in [3.8, 4) is 22.6 Å². The molecule has 0 amide bonds. The average Bonchev–Trinajstić information content (AvgIpc) is 3.34. The zero-order chi connectivity index (χ0) is 30.4. The van der Waals surface area contributed by atoms with Crippen molar-refractivity contribution >= 4 is 0 Å². The smallest absolute Gasteiger partial charge is 0.129 e. The van der Waals surface area contributed by atoms with Crippen LogP contribution in [0.25, 0.3) is 11.1 Å². The second-order valence-corrected chi connectivity index (χ2v) is 11.0. The number of aryl methyl sites for hydroxylation is 2. The molecule has 1 aliphatic carbocycles. The van der Waals surface area contributed by atoms with Crippen LogP contribution < -0.4 is 9.47 Å². The summed E-state index contributed by atoms with van der Waals surface area (Å²) in [5.74, 6) is 1.77. The summed E-state index contributed by atoms with van der Waals surface area (Å²) in [5, 5.41) is 0. The van der Waals surface area contributed by atoms with Gasteiger partial charge in [-0.25, -0.2) is 0 Å². The molecule has 0 fully saturated rings. The first kappa shape index (κ1) is 30.0. The second kappa shape index (κ2) is 13.2. The van der Waals surface area contributed by atoms with E-state index in [1.807, 2.05) is 13.8 Å². The first-order valence-corrected chi connectivity index (χ1v) is 15.2. The quantitative estimate of drug-likeness (QED) is 0.124. The normalized spacial score (nSPS) is 14.1. The third-order valence-electron chi connectivity index (χ3n) is 8.31. The predicted octanol–water partition coefficient (Wildman–Crippen LogP) is 9.03. The highest BCUT2D eigenvalue weighted by atomic mass is 16.5. The minimum absolute atomic E-state index is 0.0821. The fraction of sp³-hybridized carbons (Fsp3) is 0.282. The highest BCUT2D eigenvalue weighted by Crippen LogP contribution is 2.56. The summed E-state index contributed by atoms with van der Waals surface area (Å²) in [7, 11) is 0. The Kier molecular flexibility index (Phi) is 9.25. The van der Waals surface area contributed by atoms with Crippen LogP contribution in [0.15, 0.2) is 111 Å². The molecule has 0 saturated carbocycles. The lowest BCUT2D eigenvalue weighted by atomic mass is 9.67. The van der Waals surface area contributed by atoms with Crippen molar-refractivity contribution in [3.63, 3.8) is 0 Å².